The van der Waals surface area contributed by atoms with Crippen LogP contribution < -0.4 is 4.74 Å². The minimum atomic E-state index is -3.51. The zero-order valence-electron chi connectivity index (χ0n) is 12.7. The van der Waals surface area contributed by atoms with E-state index in [1.165, 1.54) is 4.31 Å². The van der Waals surface area contributed by atoms with Crippen LogP contribution in [0.2, 0.25) is 0 Å². The first-order chi connectivity index (χ1) is 9.77. The summed E-state index contributed by atoms with van der Waals surface area (Å²) in [5.74, 6) is 1.08. The molecule has 1 aliphatic rings. The zero-order valence-corrected chi connectivity index (χ0v) is 13.6. The summed E-state index contributed by atoms with van der Waals surface area (Å²) in [6.07, 6.45) is 0.557. The molecule has 0 radical (unpaired) electrons. The fourth-order valence-electron chi connectivity index (χ4n) is 2.12. The Kier molecular flexibility index (Phi) is 4.60. The van der Waals surface area contributed by atoms with Gasteiger partial charge in [0.25, 0.3) is 0 Å². The van der Waals surface area contributed by atoms with Crippen molar-refractivity contribution in [1.29, 1.82) is 0 Å². The van der Waals surface area contributed by atoms with Crippen LogP contribution in [0.5, 0.6) is 5.75 Å². The highest BCUT2D eigenvalue weighted by Gasteiger charge is 2.45. The quantitative estimate of drug-likeness (QED) is 0.870. The second kappa shape index (κ2) is 5.94. The molecule has 118 valence electrons. The van der Waals surface area contributed by atoms with Gasteiger partial charge in [0.15, 0.2) is 0 Å². The molecule has 0 unspecified atom stereocenters. The molecule has 0 spiro atoms. The molecule has 6 heteroatoms. The van der Waals surface area contributed by atoms with E-state index in [0.29, 0.717) is 24.7 Å². The summed E-state index contributed by atoms with van der Waals surface area (Å²) >= 11 is 0. The molecule has 1 N–H and O–H groups in total. The predicted molar refractivity (Wildman–Crippen MR) is 80.8 cm³/mol. The first-order valence-corrected chi connectivity index (χ1v) is 8.66. The molecule has 1 saturated heterocycles. The number of benzene rings is 1. The normalized spacial score (nSPS) is 18.5. The molecule has 0 saturated carbocycles. The molecule has 0 aromatic heterocycles. The van der Waals surface area contributed by atoms with Gasteiger partial charge in [0.05, 0.1) is 17.1 Å². The first-order valence-electron chi connectivity index (χ1n) is 7.22. The smallest absolute Gasteiger partial charge is 0.243 e. The third-order valence-electron chi connectivity index (χ3n) is 3.64. The minimum Gasteiger partial charge on any atom is -0.493 e. The predicted octanol–water partition coefficient (Wildman–Crippen LogP) is 1.87. The standard InChI is InChI=1S/C15H23NO4S/c1-4-15(17)10-16(11-15)21(18,19)14-7-5-13(6-8-14)20-9-12(2)3/h5-8,12,17H,4,9-11H2,1-3H3. The van der Waals surface area contributed by atoms with E-state index in [4.69, 9.17) is 4.74 Å². The number of hydrogen-bond donors (Lipinski definition) is 1. The van der Waals surface area contributed by atoms with E-state index in [1.807, 2.05) is 6.92 Å². The summed E-state index contributed by atoms with van der Waals surface area (Å²) in [6.45, 7) is 6.89. The van der Waals surface area contributed by atoms with Crippen molar-refractivity contribution in [3.8, 4) is 5.75 Å². The van der Waals surface area contributed by atoms with Gasteiger partial charge in [0.1, 0.15) is 5.75 Å². The summed E-state index contributed by atoms with van der Waals surface area (Å²) < 4.78 is 31.6. The van der Waals surface area contributed by atoms with Crippen molar-refractivity contribution in [1.82, 2.24) is 4.31 Å². The van der Waals surface area contributed by atoms with Crippen LogP contribution >= 0.6 is 0 Å². The van der Waals surface area contributed by atoms with Gasteiger partial charge in [-0.3, -0.25) is 0 Å². The van der Waals surface area contributed by atoms with E-state index in [1.54, 1.807) is 24.3 Å². The van der Waals surface area contributed by atoms with Gasteiger partial charge < -0.3 is 9.84 Å². The minimum absolute atomic E-state index is 0.164. The Morgan fingerprint density at radius 1 is 1.29 bits per heavy atom. The second-order valence-electron chi connectivity index (χ2n) is 6.03. The lowest BCUT2D eigenvalue weighted by Gasteiger charge is -2.44. The SMILES string of the molecule is CCC1(O)CN(S(=O)(=O)c2ccc(OCC(C)C)cc2)C1. The van der Waals surface area contributed by atoms with Gasteiger partial charge in [0.2, 0.25) is 10.0 Å². The van der Waals surface area contributed by atoms with Crippen LogP contribution in [-0.4, -0.2) is 43.1 Å². The van der Waals surface area contributed by atoms with Crippen molar-refractivity contribution in [3.05, 3.63) is 24.3 Å². The van der Waals surface area contributed by atoms with Crippen LogP contribution in [0.15, 0.2) is 29.2 Å². The van der Waals surface area contributed by atoms with Crippen molar-refractivity contribution < 1.29 is 18.3 Å². The van der Waals surface area contributed by atoms with Crippen LogP contribution in [0, 0.1) is 5.92 Å². The highest BCUT2D eigenvalue weighted by molar-refractivity contribution is 7.89. The molecule has 0 amide bonds. The molecule has 1 aromatic rings. The molecular formula is C15H23NO4S. The molecule has 0 aliphatic carbocycles. The van der Waals surface area contributed by atoms with Crippen LogP contribution in [0.4, 0.5) is 0 Å². The van der Waals surface area contributed by atoms with Crippen LogP contribution in [0.1, 0.15) is 27.2 Å². The second-order valence-corrected chi connectivity index (χ2v) is 7.97. The Labute approximate surface area is 126 Å². The third-order valence-corrected chi connectivity index (χ3v) is 5.45. The lowest BCUT2D eigenvalue weighted by molar-refractivity contribution is -0.0613. The Balaban J connectivity index is 2.05. The lowest BCUT2D eigenvalue weighted by Crippen LogP contribution is -2.62. The molecule has 1 fully saturated rings. The average molecular weight is 313 g/mol. The van der Waals surface area contributed by atoms with Crippen LogP contribution in [0.25, 0.3) is 0 Å². The maximum Gasteiger partial charge on any atom is 0.243 e. The van der Waals surface area contributed by atoms with Crippen LogP contribution in [-0.2, 0) is 10.0 Å². The van der Waals surface area contributed by atoms with E-state index in [9.17, 15) is 13.5 Å². The van der Waals surface area contributed by atoms with E-state index >= 15 is 0 Å². The van der Waals surface area contributed by atoms with Crippen molar-refractivity contribution >= 4 is 10.0 Å². The van der Waals surface area contributed by atoms with Gasteiger partial charge in [-0.1, -0.05) is 20.8 Å². The highest BCUT2D eigenvalue weighted by atomic mass is 32.2. The first kappa shape index (κ1) is 16.3. The van der Waals surface area contributed by atoms with Crippen molar-refractivity contribution in [3.63, 3.8) is 0 Å². The molecule has 2 rings (SSSR count). The molecule has 1 aromatic carbocycles. The summed E-state index contributed by atoms with van der Waals surface area (Å²) in [7, 11) is -3.51. The summed E-state index contributed by atoms with van der Waals surface area (Å²) in [6, 6.07) is 6.44. The van der Waals surface area contributed by atoms with E-state index in [2.05, 4.69) is 13.8 Å². The maximum absolute atomic E-state index is 12.4. The topological polar surface area (TPSA) is 66.8 Å². The fourth-order valence-corrected chi connectivity index (χ4v) is 3.72. The van der Waals surface area contributed by atoms with Crippen molar-refractivity contribution in [2.45, 2.75) is 37.7 Å². The van der Waals surface area contributed by atoms with Gasteiger partial charge in [-0.25, -0.2) is 8.42 Å². The van der Waals surface area contributed by atoms with Crippen molar-refractivity contribution in [2.75, 3.05) is 19.7 Å². The number of nitrogens with zero attached hydrogens (tertiary/aromatic N) is 1. The number of aliphatic hydroxyl groups is 1. The monoisotopic (exact) mass is 313 g/mol. The van der Waals surface area contributed by atoms with E-state index in [0.717, 1.165) is 0 Å². The number of sulfonamides is 1. The van der Waals surface area contributed by atoms with Gasteiger partial charge in [-0.2, -0.15) is 4.31 Å². The summed E-state index contributed by atoms with van der Waals surface area (Å²) in [5.41, 5.74) is -0.868. The van der Waals surface area contributed by atoms with Gasteiger partial charge >= 0.3 is 0 Å². The number of β-amino-alcohol motifs (C(OH)–C–C–N with tert-alkyl or cyclic N) is 1. The lowest BCUT2D eigenvalue weighted by atomic mass is 9.94. The number of ether oxygens (including phenoxy) is 1. The zero-order chi connectivity index (χ0) is 15.7. The summed E-state index contributed by atoms with van der Waals surface area (Å²) in [4.78, 5) is 0.234. The molecule has 1 heterocycles. The molecule has 21 heavy (non-hydrogen) atoms. The third kappa shape index (κ3) is 3.56. The van der Waals surface area contributed by atoms with E-state index in [-0.39, 0.29) is 18.0 Å². The number of hydrogen-bond acceptors (Lipinski definition) is 4. The fraction of sp³-hybridized carbons (Fsp3) is 0.600. The molecule has 0 bridgehead atoms. The van der Waals surface area contributed by atoms with Gasteiger partial charge in [-0.15, -0.1) is 0 Å². The Hall–Kier alpha value is -1.11. The van der Waals surface area contributed by atoms with Crippen molar-refractivity contribution in [2.24, 2.45) is 5.92 Å². The Morgan fingerprint density at radius 3 is 2.33 bits per heavy atom. The van der Waals surface area contributed by atoms with Gasteiger partial charge in [-0.05, 0) is 36.6 Å². The average Bonchev–Trinajstić information content (AvgIpc) is 2.42. The molecule has 0 atom stereocenters. The van der Waals surface area contributed by atoms with E-state index < -0.39 is 15.6 Å². The summed E-state index contributed by atoms with van der Waals surface area (Å²) in [5, 5.41) is 9.94. The highest BCUT2D eigenvalue weighted by Crippen LogP contribution is 2.30. The molecular weight excluding hydrogens is 290 g/mol. The Morgan fingerprint density at radius 2 is 1.86 bits per heavy atom. The molecule has 5 nitrogen and oxygen atoms in total. The largest absolute Gasteiger partial charge is 0.493 e. The maximum atomic E-state index is 12.4. The Bertz CT molecular complexity index is 574. The number of rotatable bonds is 6. The van der Waals surface area contributed by atoms with Crippen LogP contribution in [0.3, 0.4) is 0 Å². The van der Waals surface area contributed by atoms with Gasteiger partial charge in [0, 0.05) is 13.1 Å². The molecule has 1 aliphatic heterocycles.